The lowest BCUT2D eigenvalue weighted by molar-refractivity contribution is -0.111. The number of anilines is 2. The van der Waals surface area contributed by atoms with E-state index in [1.165, 1.54) is 7.05 Å². The molecule has 2 aromatic carbocycles. The Balaban J connectivity index is 1.89. The third-order valence-corrected chi connectivity index (χ3v) is 5.31. The Bertz CT molecular complexity index is 966. The number of amidine groups is 1. The van der Waals surface area contributed by atoms with Crippen molar-refractivity contribution >= 4 is 75.6 Å². The number of hydrogen-bond acceptors (Lipinski definition) is 4. The maximum Gasteiger partial charge on any atom is 0.337 e. The van der Waals surface area contributed by atoms with Gasteiger partial charge in [-0.15, -0.1) is 11.6 Å². The van der Waals surface area contributed by atoms with E-state index in [2.05, 4.69) is 10.3 Å². The van der Waals surface area contributed by atoms with Gasteiger partial charge in [0.2, 0.25) is 5.84 Å². The van der Waals surface area contributed by atoms with E-state index >= 15 is 0 Å². The van der Waals surface area contributed by atoms with Crippen LogP contribution in [0.3, 0.4) is 0 Å². The van der Waals surface area contributed by atoms with Gasteiger partial charge in [-0.05, 0) is 30.3 Å². The molecule has 1 fully saturated rings. The van der Waals surface area contributed by atoms with Crippen LogP contribution in [0.4, 0.5) is 16.2 Å². The summed E-state index contributed by atoms with van der Waals surface area (Å²) in [5.41, 5.74) is 0.905. The van der Waals surface area contributed by atoms with Crippen LogP contribution in [0.5, 0.6) is 0 Å². The van der Waals surface area contributed by atoms with Crippen molar-refractivity contribution in [2.75, 3.05) is 23.1 Å². The monoisotopic (exact) mass is 458 g/mol. The molecule has 0 aromatic heterocycles. The highest BCUT2D eigenvalue weighted by molar-refractivity contribution is 6.55. The molecule has 0 saturated carbocycles. The van der Waals surface area contributed by atoms with E-state index in [0.717, 1.165) is 9.80 Å². The molecule has 1 unspecified atom stereocenters. The first-order chi connectivity index (χ1) is 13.3. The van der Waals surface area contributed by atoms with Gasteiger partial charge in [0.05, 0.1) is 26.6 Å². The van der Waals surface area contributed by atoms with Gasteiger partial charge in [-0.1, -0.05) is 46.9 Å². The summed E-state index contributed by atoms with van der Waals surface area (Å²) in [7, 11) is 1.46. The minimum absolute atomic E-state index is 0.0468. The van der Waals surface area contributed by atoms with E-state index in [9.17, 15) is 9.59 Å². The quantitative estimate of drug-likeness (QED) is 0.498. The minimum Gasteiger partial charge on any atom is -0.363 e. The highest BCUT2D eigenvalue weighted by Crippen LogP contribution is 2.30. The molecule has 3 rings (SSSR count). The first-order valence-electron chi connectivity index (χ1n) is 8.05. The molecule has 6 nitrogen and oxygen atoms in total. The Labute approximate surface area is 181 Å². The number of aliphatic imine (C=N–C) groups is 1. The van der Waals surface area contributed by atoms with Gasteiger partial charge >= 0.3 is 11.9 Å². The Morgan fingerprint density at radius 2 is 1.75 bits per heavy atom. The highest BCUT2D eigenvalue weighted by atomic mass is 35.5. The first kappa shape index (κ1) is 20.7. The van der Waals surface area contributed by atoms with Crippen LogP contribution in [0.25, 0.3) is 0 Å². The molecule has 0 aliphatic carbocycles. The first-order valence-corrected chi connectivity index (χ1v) is 9.72. The fourth-order valence-corrected chi connectivity index (χ4v) is 3.25. The smallest absolute Gasteiger partial charge is 0.337 e. The number of alkyl halides is 1. The van der Waals surface area contributed by atoms with E-state index in [-0.39, 0.29) is 22.4 Å². The summed E-state index contributed by atoms with van der Waals surface area (Å²) in [6.07, 6.45) is -0.681. The second-order valence-corrected chi connectivity index (χ2v) is 7.36. The van der Waals surface area contributed by atoms with E-state index in [1.807, 2.05) is 0 Å². The number of imide groups is 1. The van der Waals surface area contributed by atoms with Gasteiger partial charge < -0.3 is 5.32 Å². The number of hydrogen-bond donors (Lipinski definition) is 1. The van der Waals surface area contributed by atoms with Crippen LogP contribution >= 0.6 is 46.4 Å². The fourth-order valence-electron chi connectivity index (χ4n) is 2.59. The molecule has 0 radical (unpaired) electrons. The van der Waals surface area contributed by atoms with Crippen molar-refractivity contribution in [3.8, 4) is 0 Å². The lowest BCUT2D eigenvalue weighted by Crippen LogP contribution is -2.31. The van der Waals surface area contributed by atoms with Gasteiger partial charge in [-0.3, -0.25) is 9.69 Å². The SMILES string of the molecule is CN1C(=O)N(c2ccccc2Cl)C(=O)C1=NC(CCl)Nc1ccc(Cl)c(Cl)c1. The molecule has 146 valence electrons. The molecular formula is C18H14Cl4N4O2. The van der Waals surface area contributed by atoms with E-state index in [1.54, 1.807) is 42.5 Å². The number of rotatable bonds is 5. The normalized spacial score (nSPS) is 16.8. The molecule has 10 heteroatoms. The van der Waals surface area contributed by atoms with Crippen LogP contribution in [0.2, 0.25) is 15.1 Å². The van der Waals surface area contributed by atoms with Crippen molar-refractivity contribution in [3.05, 3.63) is 57.5 Å². The topological polar surface area (TPSA) is 65.0 Å². The summed E-state index contributed by atoms with van der Waals surface area (Å²) in [4.78, 5) is 31.9. The maximum absolute atomic E-state index is 12.8. The van der Waals surface area contributed by atoms with Gasteiger partial charge in [0.1, 0.15) is 6.17 Å². The number of amides is 3. The average Bonchev–Trinajstić information content (AvgIpc) is 2.88. The van der Waals surface area contributed by atoms with E-state index < -0.39 is 18.1 Å². The zero-order chi connectivity index (χ0) is 20.4. The Hall–Kier alpha value is -1.99. The molecule has 1 heterocycles. The van der Waals surface area contributed by atoms with Gasteiger partial charge in [0, 0.05) is 12.7 Å². The molecule has 1 aliphatic heterocycles. The average molecular weight is 460 g/mol. The van der Waals surface area contributed by atoms with Crippen molar-refractivity contribution in [2.45, 2.75) is 6.17 Å². The number of likely N-dealkylation sites (N-methyl/N-ethyl adjacent to an activating group) is 1. The third kappa shape index (κ3) is 4.05. The summed E-state index contributed by atoms with van der Waals surface area (Å²) in [6.45, 7) is 0. The highest BCUT2D eigenvalue weighted by Gasteiger charge is 2.42. The summed E-state index contributed by atoms with van der Waals surface area (Å²) < 4.78 is 0. The number of halogens is 4. The van der Waals surface area contributed by atoms with Crippen molar-refractivity contribution < 1.29 is 9.59 Å². The summed E-state index contributed by atoms with van der Waals surface area (Å²) in [5, 5.41) is 4.10. The van der Waals surface area contributed by atoms with Gasteiger partial charge in [-0.2, -0.15) is 0 Å². The number of carbonyl (C=O) groups is 2. The van der Waals surface area contributed by atoms with Crippen molar-refractivity contribution in [1.82, 2.24) is 4.90 Å². The van der Waals surface area contributed by atoms with Gasteiger partial charge in [0.25, 0.3) is 0 Å². The predicted octanol–water partition coefficient (Wildman–Crippen LogP) is 5.12. The maximum atomic E-state index is 12.8. The van der Waals surface area contributed by atoms with Crippen LogP contribution in [0.1, 0.15) is 0 Å². The number of para-hydroxylation sites is 1. The molecule has 0 bridgehead atoms. The minimum atomic E-state index is -0.681. The summed E-state index contributed by atoms with van der Waals surface area (Å²) >= 11 is 24.1. The standard InChI is InChI=1S/C18H14Cl4N4O2/c1-25-16(17(27)26(18(25)28)14-5-3-2-4-12(14)21)24-15(9-19)23-10-6-7-11(20)13(22)8-10/h2-8,15,23H,9H2,1H3. The van der Waals surface area contributed by atoms with Crippen LogP contribution < -0.4 is 10.2 Å². The van der Waals surface area contributed by atoms with Crippen LogP contribution in [0.15, 0.2) is 47.5 Å². The Kier molecular flexibility index (Phi) is 6.35. The molecular weight excluding hydrogens is 446 g/mol. The van der Waals surface area contributed by atoms with Crippen molar-refractivity contribution in [3.63, 3.8) is 0 Å². The van der Waals surface area contributed by atoms with Crippen LogP contribution in [-0.2, 0) is 4.79 Å². The van der Waals surface area contributed by atoms with Crippen LogP contribution in [-0.4, -0.2) is 41.8 Å². The van der Waals surface area contributed by atoms with Crippen LogP contribution in [0, 0.1) is 0 Å². The molecule has 3 amide bonds. The molecule has 1 N–H and O–H groups in total. The number of nitrogens with zero attached hydrogens (tertiary/aromatic N) is 3. The van der Waals surface area contributed by atoms with E-state index in [0.29, 0.717) is 15.7 Å². The number of carbonyl (C=O) groups excluding carboxylic acids is 2. The lowest BCUT2D eigenvalue weighted by atomic mass is 10.3. The van der Waals surface area contributed by atoms with Crippen molar-refractivity contribution in [1.29, 1.82) is 0 Å². The Morgan fingerprint density at radius 1 is 1.04 bits per heavy atom. The van der Waals surface area contributed by atoms with Crippen molar-refractivity contribution in [2.24, 2.45) is 4.99 Å². The predicted molar refractivity (Wildman–Crippen MR) is 114 cm³/mol. The summed E-state index contributed by atoms with van der Waals surface area (Å²) in [5.74, 6) is -0.597. The number of urea groups is 1. The second kappa shape index (κ2) is 8.57. The number of benzene rings is 2. The summed E-state index contributed by atoms with van der Waals surface area (Å²) in [6, 6.07) is 11.0. The van der Waals surface area contributed by atoms with Gasteiger partial charge in [0.15, 0.2) is 0 Å². The van der Waals surface area contributed by atoms with Gasteiger partial charge in [-0.25, -0.2) is 14.7 Å². The number of nitrogens with one attached hydrogen (secondary N) is 1. The molecule has 28 heavy (non-hydrogen) atoms. The molecule has 1 aliphatic rings. The fraction of sp³-hybridized carbons (Fsp3) is 0.167. The van der Waals surface area contributed by atoms with E-state index in [4.69, 9.17) is 46.4 Å². The second-order valence-electron chi connectivity index (χ2n) is 5.83. The molecule has 1 atom stereocenters. The third-order valence-electron chi connectivity index (χ3n) is 3.96. The largest absolute Gasteiger partial charge is 0.363 e. The lowest BCUT2D eigenvalue weighted by Gasteiger charge is -2.15. The Morgan fingerprint density at radius 3 is 2.39 bits per heavy atom. The molecule has 1 saturated heterocycles. The zero-order valence-corrected chi connectivity index (χ0v) is 17.5. The molecule has 2 aromatic rings. The molecule has 0 spiro atoms. The zero-order valence-electron chi connectivity index (χ0n) is 14.5.